The van der Waals surface area contributed by atoms with Crippen LogP contribution in [0.15, 0.2) is 73.3 Å². The minimum absolute atomic E-state index is 0.747. The SMILES string of the molecule is C=C(NCCCN1CCCCC1C)c1ccc(CC2CCN(Cc3ccc4c(c3)c3ccccc3n4CC)CC2)cc1. The summed E-state index contributed by atoms with van der Waals surface area (Å²) in [5.41, 5.74) is 7.87. The minimum atomic E-state index is 0.747. The molecule has 2 fully saturated rings. The maximum atomic E-state index is 4.32. The molecule has 0 amide bonds. The molecule has 1 N–H and O–H groups in total. The monoisotopic (exact) mass is 562 g/mol. The molecule has 0 saturated carbocycles. The van der Waals surface area contributed by atoms with Gasteiger partial charge in [0.05, 0.1) is 0 Å². The lowest BCUT2D eigenvalue weighted by atomic mass is 9.89. The summed E-state index contributed by atoms with van der Waals surface area (Å²) in [5.74, 6) is 0.774. The third-order valence-electron chi connectivity index (χ3n) is 9.99. The highest BCUT2D eigenvalue weighted by molar-refractivity contribution is 6.08. The van der Waals surface area contributed by atoms with Gasteiger partial charge in [0.1, 0.15) is 0 Å². The van der Waals surface area contributed by atoms with E-state index in [1.807, 2.05) is 0 Å². The Morgan fingerprint density at radius 1 is 0.857 bits per heavy atom. The van der Waals surface area contributed by atoms with Crippen LogP contribution in [0, 0.1) is 5.92 Å². The van der Waals surface area contributed by atoms with E-state index in [2.05, 4.69) is 107 Å². The van der Waals surface area contributed by atoms with Crippen LogP contribution in [0.3, 0.4) is 0 Å². The number of piperidine rings is 2. The molecule has 1 atom stereocenters. The second kappa shape index (κ2) is 13.5. The van der Waals surface area contributed by atoms with Crippen molar-refractivity contribution in [3.05, 3.63) is 90.0 Å². The van der Waals surface area contributed by atoms with Gasteiger partial charge in [0, 0.05) is 59.7 Å². The van der Waals surface area contributed by atoms with Gasteiger partial charge in [-0.1, -0.05) is 61.5 Å². The van der Waals surface area contributed by atoms with E-state index in [1.165, 1.54) is 110 Å². The van der Waals surface area contributed by atoms with Gasteiger partial charge < -0.3 is 14.8 Å². The molecule has 3 aromatic carbocycles. The van der Waals surface area contributed by atoms with Gasteiger partial charge >= 0.3 is 0 Å². The lowest BCUT2D eigenvalue weighted by molar-refractivity contribution is 0.159. The van der Waals surface area contributed by atoms with Crippen LogP contribution in [0.4, 0.5) is 0 Å². The van der Waals surface area contributed by atoms with Crippen molar-refractivity contribution in [2.75, 3.05) is 32.7 Å². The van der Waals surface area contributed by atoms with Crippen molar-refractivity contribution in [3.8, 4) is 0 Å². The lowest BCUT2D eigenvalue weighted by Crippen LogP contribution is -2.38. The Bertz CT molecular complexity index is 1470. The fourth-order valence-electron chi connectivity index (χ4n) is 7.44. The smallest absolute Gasteiger partial charge is 0.0491 e. The van der Waals surface area contributed by atoms with Crippen LogP contribution >= 0.6 is 0 Å². The predicted octanol–water partition coefficient (Wildman–Crippen LogP) is 8.09. The zero-order chi connectivity index (χ0) is 28.9. The highest BCUT2D eigenvalue weighted by atomic mass is 15.2. The maximum Gasteiger partial charge on any atom is 0.0491 e. The van der Waals surface area contributed by atoms with Crippen molar-refractivity contribution < 1.29 is 0 Å². The van der Waals surface area contributed by atoms with Gasteiger partial charge in [0.15, 0.2) is 0 Å². The molecule has 2 aliphatic heterocycles. The van der Waals surface area contributed by atoms with Crippen LogP contribution in [0.1, 0.15) is 69.1 Å². The molecule has 1 unspecified atom stereocenters. The van der Waals surface area contributed by atoms with E-state index in [1.54, 1.807) is 0 Å². The number of benzene rings is 3. The number of hydrogen-bond donors (Lipinski definition) is 1. The summed E-state index contributed by atoms with van der Waals surface area (Å²) in [7, 11) is 0. The molecule has 2 aliphatic rings. The number of nitrogens with one attached hydrogen (secondary N) is 1. The quantitative estimate of drug-likeness (QED) is 0.187. The third-order valence-corrected chi connectivity index (χ3v) is 9.99. The molecular formula is C38H50N4. The Labute approximate surface area is 253 Å². The van der Waals surface area contributed by atoms with Crippen molar-refractivity contribution in [1.29, 1.82) is 0 Å². The fraction of sp³-hybridized carbons (Fsp3) is 0.474. The zero-order valence-corrected chi connectivity index (χ0v) is 26.0. The first-order chi connectivity index (χ1) is 20.6. The van der Waals surface area contributed by atoms with E-state index in [4.69, 9.17) is 0 Å². The van der Waals surface area contributed by atoms with Crippen LogP contribution in [-0.4, -0.2) is 53.1 Å². The van der Waals surface area contributed by atoms with E-state index in [0.717, 1.165) is 37.3 Å². The molecular weight excluding hydrogens is 512 g/mol. The number of likely N-dealkylation sites (tertiary alicyclic amines) is 2. The zero-order valence-electron chi connectivity index (χ0n) is 26.0. The van der Waals surface area contributed by atoms with Gasteiger partial charge in [-0.05, 0) is 113 Å². The fourth-order valence-corrected chi connectivity index (χ4v) is 7.44. The molecule has 0 aliphatic carbocycles. The number of rotatable bonds is 11. The minimum Gasteiger partial charge on any atom is -0.385 e. The Hall–Kier alpha value is -3.08. The van der Waals surface area contributed by atoms with E-state index >= 15 is 0 Å². The van der Waals surface area contributed by atoms with E-state index < -0.39 is 0 Å². The Morgan fingerprint density at radius 3 is 2.40 bits per heavy atom. The molecule has 42 heavy (non-hydrogen) atoms. The number of fused-ring (bicyclic) bond motifs is 3. The van der Waals surface area contributed by atoms with Gasteiger partial charge in [-0.25, -0.2) is 0 Å². The first-order valence-electron chi connectivity index (χ1n) is 16.6. The van der Waals surface area contributed by atoms with E-state index in [-0.39, 0.29) is 0 Å². The molecule has 6 rings (SSSR count). The van der Waals surface area contributed by atoms with Crippen LogP contribution in [0.25, 0.3) is 27.5 Å². The number of hydrogen-bond acceptors (Lipinski definition) is 3. The van der Waals surface area contributed by atoms with Crippen molar-refractivity contribution in [2.24, 2.45) is 5.92 Å². The Kier molecular flexibility index (Phi) is 9.31. The number of aromatic nitrogens is 1. The molecule has 2 saturated heterocycles. The van der Waals surface area contributed by atoms with Crippen molar-refractivity contribution in [1.82, 2.24) is 19.7 Å². The normalized spacial score (nSPS) is 19.0. The van der Waals surface area contributed by atoms with Crippen molar-refractivity contribution in [2.45, 2.75) is 77.9 Å². The summed E-state index contributed by atoms with van der Waals surface area (Å²) in [4.78, 5) is 5.31. The van der Waals surface area contributed by atoms with Crippen LogP contribution < -0.4 is 5.32 Å². The summed E-state index contributed by atoms with van der Waals surface area (Å²) in [5, 5.41) is 6.35. The van der Waals surface area contributed by atoms with Crippen LogP contribution in [-0.2, 0) is 19.5 Å². The third kappa shape index (κ3) is 6.61. The molecule has 3 heterocycles. The molecule has 4 nitrogen and oxygen atoms in total. The lowest BCUT2D eigenvalue weighted by Gasteiger charge is -2.33. The van der Waals surface area contributed by atoms with Gasteiger partial charge in [-0.2, -0.15) is 0 Å². The van der Waals surface area contributed by atoms with E-state index in [0.29, 0.717) is 0 Å². The van der Waals surface area contributed by atoms with E-state index in [9.17, 15) is 0 Å². The Morgan fingerprint density at radius 2 is 1.62 bits per heavy atom. The molecule has 222 valence electrons. The summed E-state index contributed by atoms with van der Waals surface area (Å²) in [6.45, 7) is 16.8. The molecule has 0 spiro atoms. The van der Waals surface area contributed by atoms with Gasteiger partial charge in [-0.15, -0.1) is 0 Å². The second-order valence-electron chi connectivity index (χ2n) is 12.9. The maximum absolute atomic E-state index is 4.32. The largest absolute Gasteiger partial charge is 0.385 e. The molecule has 1 aromatic heterocycles. The number of nitrogens with zero attached hydrogens (tertiary/aromatic N) is 3. The molecule has 0 radical (unpaired) electrons. The van der Waals surface area contributed by atoms with Crippen LogP contribution in [0.2, 0.25) is 0 Å². The second-order valence-corrected chi connectivity index (χ2v) is 12.9. The van der Waals surface area contributed by atoms with Gasteiger partial charge in [-0.3, -0.25) is 4.90 Å². The highest BCUT2D eigenvalue weighted by Crippen LogP contribution is 2.31. The molecule has 0 bridgehead atoms. The molecule has 4 heteroatoms. The standard InChI is InChI=1S/C38H50N4/c1-4-42-37-12-6-5-11-35(37)36-27-33(15-18-38(36)42)28-40-24-19-32(20-25-40)26-31-13-16-34(17-14-31)30(3)39-21-9-23-41-22-8-7-10-29(41)2/h5-6,11-18,27,29,32,39H,3-4,7-10,19-26,28H2,1-2H3. The first kappa shape index (κ1) is 29.0. The average molecular weight is 563 g/mol. The highest BCUT2D eigenvalue weighted by Gasteiger charge is 2.21. The predicted molar refractivity (Wildman–Crippen MR) is 180 cm³/mol. The number of para-hydroxylation sites is 1. The summed E-state index contributed by atoms with van der Waals surface area (Å²) >= 11 is 0. The van der Waals surface area contributed by atoms with Gasteiger partial charge in [0.25, 0.3) is 0 Å². The topological polar surface area (TPSA) is 23.4 Å². The average Bonchev–Trinajstić information content (AvgIpc) is 3.34. The van der Waals surface area contributed by atoms with Crippen LogP contribution in [0.5, 0.6) is 0 Å². The number of aryl methyl sites for hydroxylation is 1. The van der Waals surface area contributed by atoms with Crippen molar-refractivity contribution >= 4 is 27.5 Å². The van der Waals surface area contributed by atoms with Gasteiger partial charge in [0.2, 0.25) is 0 Å². The summed E-state index contributed by atoms with van der Waals surface area (Å²) in [6.07, 6.45) is 9.04. The molecule has 4 aromatic rings. The van der Waals surface area contributed by atoms with Crippen molar-refractivity contribution in [3.63, 3.8) is 0 Å². The summed E-state index contributed by atoms with van der Waals surface area (Å²) < 4.78 is 2.44. The first-order valence-corrected chi connectivity index (χ1v) is 16.6. The summed E-state index contributed by atoms with van der Waals surface area (Å²) in [6, 6.07) is 25.9. The Balaban J connectivity index is 0.955.